The van der Waals surface area contributed by atoms with Crippen LogP contribution in [0.1, 0.15) is 0 Å². The van der Waals surface area contributed by atoms with Gasteiger partial charge in [0.15, 0.2) is 34.5 Å². The standard InChI is InChI=1S/C27H30N3O19PS3/c1-44-19-7-4-16(51(38,39)28-13-25(31)32)10-22(19)47-50(37,48-23-11-17(5-8-20(23)45-2)52(40,41)29-14-26(33)34)49-24-12-18(6-9-21(24)46-3)53(42,43)30-15-27(35)36/h4-12,28-30H,13-15H2,1-3H3,(H,31,32)(H,33,34)(H,35,36). The summed E-state index contributed by atoms with van der Waals surface area (Å²) in [6.45, 7) is -3.10. The predicted octanol–water partition coefficient (Wildman–Crippen LogP) is 0.446. The molecule has 0 aliphatic heterocycles. The molecule has 0 radical (unpaired) electrons. The van der Waals surface area contributed by atoms with E-state index in [0.29, 0.717) is 0 Å². The summed E-state index contributed by atoms with van der Waals surface area (Å²) in [5, 5.41) is 26.8. The lowest BCUT2D eigenvalue weighted by atomic mass is 10.3. The monoisotopic (exact) mass is 827 g/mol. The van der Waals surface area contributed by atoms with E-state index in [9.17, 15) is 44.2 Å². The molecule has 0 atom stereocenters. The molecule has 0 heterocycles. The van der Waals surface area contributed by atoms with Gasteiger partial charge in [-0.3, -0.25) is 14.4 Å². The maximum atomic E-state index is 14.7. The molecular formula is C27H30N3O19PS3. The lowest BCUT2D eigenvalue weighted by molar-refractivity contribution is -0.136. The van der Waals surface area contributed by atoms with Crippen molar-refractivity contribution in [2.45, 2.75) is 14.7 Å². The summed E-state index contributed by atoms with van der Waals surface area (Å²) in [5.74, 6) is -7.67. The Morgan fingerprint density at radius 2 is 0.755 bits per heavy atom. The molecule has 0 saturated heterocycles. The fraction of sp³-hybridized carbons (Fsp3) is 0.222. The molecule has 0 aliphatic carbocycles. The van der Waals surface area contributed by atoms with E-state index in [-0.39, 0.29) is 17.2 Å². The molecule has 53 heavy (non-hydrogen) atoms. The number of benzene rings is 3. The van der Waals surface area contributed by atoms with Crippen molar-refractivity contribution in [3.63, 3.8) is 0 Å². The maximum Gasteiger partial charge on any atom is 0.647 e. The third kappa shape index (κ3) is 11.4. The highest BCUT2D eigenvalue weighted by Crippen LogP contribution is 2.55. The minimum Gasteiger partial charge on any atom is -0.493 e. The molecule has 3 aromatic carbocycles. The number of sulfonamides is 3. The van der Waals surface area contributed by atoms with Gasteiger partial charge in [0, 0.05) is 18.2 Å². The molecule has 3 rings (SSSR count). The first kappa shape index (κ1) is 42.2. The first-order valence-corrected chi connectivity index (χ1v) is 19.9. The lowest BCUT2D eigenvalue weighted by Gasteiger charge is -2.23. The van der Waals surface area contributed by atoms with Crippen LogP contribution in [0.3, 0.4) is 0 Å². The number of nitrogens with one attached hydrogen (secondary N) is 3. The fourth-order valence-corrected chi connectivity index (χ4v) is 8.06. The van der Waals surface area contributed by atoms with Crippen LogP contribution in [0.25, 0.3) is 0 Å². The highest BCUT2D eigenvalue weighted by Gasteiger charge is 2.38. The minimum absolute atomic E-state index is 0.322. The zero-order chi connectivity index (χ0) is 39.8. The molecule has 26 heteroatoms. The number of rotatable bonds is 21. The largest absolute Gasteiger partial charge is 0.647 e. The predicted molar refractivity (Wildman–Crippen MR) is 177 cm³/mol. The SMILES string of the molecule is COc1ccc(S(=O)(=O)NCC(=O)O)cc1OP(=O)(Oc1cc(S(=O)(=O)NCC(=O)O)ccc1OC)Oc1cc(S(=O)(=O)NCC(=O)O)ccc1OC. The van der Waals surface area contributed by atoms with Crippen molar-refractivity contribution in [2.24, 2.45) is 0 Å². The van der Waals surface area contributed by atoms with Crippen LogP contribution in [-0.4, -0.2) is 99.4 Å². The van der Waals surface area contributed by atoms with Crippen LogP contribution in [0.5, 0.6) is 34.5 Å². The Morgan fingerprint density at radius 1 is 0.509 bits per heavy atom. The summed E-state index contributed by atoms with van der Waals surface area (Å²) in [5.41, 5.74) is 0. The van der Waals surface area contributed by atoms with E-state index >= 15 is 0 Å². The Labute approximate surface area is 301 Å². The Hall–Kier alpha value is -5.17. The van der Waals surface area contributed by atoms with E-state index in [2.05, 4.69) is 0 Å². The molecule has 290 valence electrons. The molecule has 0 unspecified atom stereocenters. The second kappa shape index (κ2) is 17.1. The molecule has 0 saturated carbocycles. The molecule has 22 nitrogen and oxygen atoms in total. The van der Waals surface area contributed by atoms with Crippen molar-refractivity contribution in [3.8, 4) is 34.5 Å². The first-order chi connectivity index (χ1) is 24.6. The van der Waals surface area contributed by atoms with Crippen molar-refractivity contribution in [1.82, 2.24) is 14.2 Å². The second-order valence-corrected chi connectivity index (χ2v) is 16.6. The van der Waals surface area contributed by atoms with Gasteiger partial charge in [0.1, 0.15) is 19.6 Å². The van der Waals surface area contributed by atoms with Gasteiger partial charge >= 0.3 is 25.7 Å². The van der Waals surface area contributed by atoms with Crippen molar-refractivity contribution < 1.29 is 87.3 Å². The summed E-state index contributed by atoms with van der Waals surface area (Å²) in [6, 6.07) is 8.11. The summed E-state index contributed by atoms with van der Waals surface area (Å²) >= 11 is 0. The quantitative estimate of drug-likeness (QED) is 0.0794. The van der Waals surface area contributed by atoms with Crippen LogP contribution in [0.4, 0.5) is 0 Å². The fourth-order valence-electron chi connectivity index (χ4n) is 3.82. The van der Waals surface area contributed by atoms with Crippen molar-refractivity contribution in [1.29, 1.82) is 0 Å². The zero-order valence-corrected chi connectivity index (χ0v) is 30.7. The van der Waals surface area contributed by atoms with Gasteiger partial charge in [0.2, 0.25) is 30.1 Å². The van der Waals surface area contributed by atoms with Crippen LogP contribution < -0.4 is 41.9 Å². The van der Waals surface area contributed by atoms with E-state index in [1.54, 1.807) is 14.2 Å². The van der Waals surface area contributed by atoms with Gasteiger partial charge in [-0.1, -0.05) is 0 Å². The highest BCUT2D eigenvalue weighted by molar-refractivity contribution is 7.90. The average Bonchev–Trinajstić information content (AvgIpc) is 3.08. The number of carboxylic acids is 3. The molecule has 3 aromatic rings. The zero-order valence-electron chi connectivity index (χ0n) is 27.4. The smallest absolute Gasteiger partial charge is 0.493 e. The van der Waals surface area contributed by atoms with Gasteiger partial charge in [-0.2, -0.15) is 18.7 Å². The average molecular weight is 828 g/mol. The van der Waals surface area contributed by atoms with Gasteiger partial charge in [0.25, 0.3) is 0 Å². The number of phosphoric ester groups is 1. The van der Waals surface area contributed by atoms with Crippen LogP contribution in [0, 0.1) is 0 Å². The summed E-state index contributed by atoms with van der Waals surface area (Å²) in [4.78, 5) is 31.0. The normalized spacial score (nSPS) is 12.0. The van der Waals surface area contributed by atoms with E-state index in [1.165, 1.54) is 0 Å². The van der Waals surface area contributed by atoms with Crippen molar-refractivity contribution >= 4 is 55.8 Å². The second-order valence-electron chi connectivity index (χ2n) is 9.81. The van der Waals surface area contributed by atoms with Gasteiger partial charge in [0.05, 0.1) is 36.0 Å². The third-order valence-corrected chi connectivity index (χ3v) is 11.7. The van der Waals surface area contributed by atoms with E-state index < -0.39 is 107 Å². The number of carbonyl (C=O) groups is 3. The van der Waals surface area contributed by atoms with Gasteiger partial charge in [-0.15, -0.1) is 0 Å². The van der Waals surface area contributed by atoms with E-state index in [4.69, 9.17) is 43.1 Å². The van der Waals surface area contributed by atoms with Gasteiger partial charge in [-0.25, -0.2) is 25.3 Å². The Balaban J connectivity index is 2.26. The number of phosphoric acid groups is 1. The third-order valence-electron chi connectivity index (χ3n) is 6.21. The summed E-state index contributed by atoms with van der Waals surface area (Å²) in [7, 11) is -15.9. The highest BCUT2D eigenvalue weighted by atomic mass is 32.2. The summed E-state index contributed by atoms with van der Waals surface area (Å²) in [6.07, 6.45) is 0. The molecular weight excluding hydrogens is 797 g/mol. The van der Waals surface area contributed by atoms with Crippen LogP contribution in [-0.2, 0) is 49.0 Å². The van der Waals surface area contributed by atoms with Gasteiger partial charge in [-0.05, 0) is 36.4 Å². The Bertz CT molecular complexity index is 2010. The van der Waals surface area contributed by atoms with Crippen LogP contribution in [0.15, 0.2) is 69.3 Å². The lowest BCUT2D eigenvalue weighted by Crippen LogP contribution is -2.29. The van der Waals surface area contributed by atoms with Crippen molar-refractivity contribution in [2.75, 3.05) is 41.0 Å². The van der Waals surface area contributed by atoms with E-state index in [0.717, 1.165) is 75.9 Å². The molecule has 0 aromatic heterocycles. The summed E-state index contributed by atoms with van der Waals surface area (Å²) < 4.78 is 129. The number of hydrogen-bond acceptors (Lipinski definition) is 16. The molecule has 6 N–H and O–H groups in total. The van der Waals surface area contributed by atoms with Crippen molar-refractivity contribution in [3.05, 3.63) is 54.6 Å². The molecule has 0 bridgehead atoms. The molecule has 0 aliphatic rings. The number of methoxy groups -OCH3 is 3. The van der Waals surface area contributed by atoms with Gasteiger partial charge < -0.3 is 43.1 Å². The minimum atomic E-state index is -5.48. The van der Waals surface area contributed by atoms with E-state index in [1.807, 2.05) is 0 Å². The molecule has 0 amide bonds. The first-order valence-electron chi connectivity index (χ1n) is 14.0. The number of carboxylic acid groups (broad SMARTS) is 3. The molecule has 0 spiro atoms. The Morgan fingerprint density at radius 3 is 0.962 bits per heavy atom. The Kier molecular flexibility index (Phi) is 13.6. The molecule has 0 fully saturated rings. The number of hydrogen-bond donors (Lipinski definition) is 6. The van der Waals surface area contributed by atoms with Crippen LogP contribution in [0.2, 0.25) is 0 Å². The number of ether oxygens (including phenoxy) is 3. The topological polar surface area (TPSA) is 323 Å². The van der Waals surface area contributed by atoms with Crippen LogP contribution >= 0.6 is 7.82 Å². The number of aliphatic carboxylic acids is 3. The maximum absolute atomic E-state index is 14.7.